The Morgan fingerprint density at radius 3 is 2.50 bits per heavy atom. The first kappa shape index (κ1) is 29.1. The van der Waals surface area contributed by atoms with Crippen molar-refractivity contribution in [3.05, 3.63) is 75.5 Å². The summed E-state index contributed by atoms with van der Waals surface area (Å²) in [7, 11) is 1.88. The molecular formula is C28H30Cl2N6O4. The lowest BCUT2D eigenvalue weighted by Crippen LogP contribution is -2.37. The zero-order chi connectivity index (χ0) is 28.6. The average Bonchev–Trinajstić information content (AvgIpc) is 3.30. The molecule has 0 unspecified atom stereocenters. The molecule has 0 aliphatic carbocycles. The number of likely N-dealkylation sites (N-methyl/N-ethyl adjacent to an activating group) is 1. The number of hydrogen-bond donors (Lipinski definition) is 3. The summed E-state index contributed by atoms with van der Waals surface area (Å²) in [6, 6.07) is 10.5. The van der Waals surface area contributed by atoms with Gasteiger partial charge in [-0.05, 0) is 75.3 Å². The number of nitrogens with zero attached hydrogens (tertiary/aromatic N) is 3. The third-order valence-electron chi connectivity index (χ3n) is 6.09. The van der Waals surface area contributed by atoms with Gasteiger partial charge < -0.3 is 20.3 Å². The minimum absolute atomic E-state index is 0.0912. The SMILES string of the molecule is Cc1onc2c1C(=O)NC(N)=NCc1cc(Cl)c(c(Cl)c1)NC(=O)CN(C)CCC/C=C/COc1ccc-2cc1. The fourth-order valence-electron chi connectivity index (χ4n) is 4.09. The van der Waals surface area contributed by atoms with Gasteiger partial charge in [-0.3, -0.25) is 19.8 Å². The van der Waals surface area contributed by atoms with Crippen LogP contribution in [0.25, 0.3) is 11.3 Å². The maximum Gasteiger partial charge on any atom is 0.263 e. The molecule has 2 amide bonds. The largest absolute Gasteiger partial charge is 0.490 e. The predicted octanol–water partition coefficient (Wildman–Crippen LogP) is 4.80. The van der Waals surface area contributed by atoms with Crippen LogP contribution in [0.2, 0.25) is 10.0 Å². The number of benzene rings is 2. The van der Waals surface area contributed by atoms with Crippen molar-refractivity contribution < 1.29 is 18.8 Å². The Bertz CT molecular complexity index is 1410. The fourth-order valence-corrected chi connectivity index (χ4v) is 4.72. The number of halogens is 2. The molecule has 10 nitrogen and oxygen atoms in total. The quantitative estimate of drug-likeness (QED) is 0.323. The molecule has 4 aliphatic rings. The fraction of sp³-hybridized carbons (Fsp3) is 0.286. The second-order valence-electron chi connectivity index (χ2n) is 9.29. The number of aliphatic imine (C=N–C) groups is 1. The van der Waals surface area contributed by atoms with Gasteiger partial charge in [-0.25, -0.2) is 4.99 Å². The Balaban J connectivity index is 1.58. The highest BCUT2D eigenvalue weighted by molar-refractivity contribution is 6.39. The Morgan fingerprint density at radius 2 is 1.77 bits per heavy atom. The van der Waals surface area contributed by atoms with Crippen molar-refractivity contribution in [3.63, 3.8) is 0 Å². The summed E-state index contributed by atoms with van der Waals surface area (Å²) in [5.41, 5.74) is 8.26. The number of guanidine groups is 1. The van der Waals surface area contributed by atoms with Crippen LogP contribution in [-0.2, 0) is 11.3 Å². The highest BCUT2D eigenvalue weighted by atomic mass is 35.5. The lowest BCUT2D eigenvalue weighted by molar-refractivity contribution is -0.117. The van der Waals surface area contributed by atoms with E-state index in [2.05, 4.69) is 20.8 Å². The van der Waals surface area contributed by atoms with E-state index in [-0.39, 0.29) is 40.6 Å². The molecule has 210 valence electrons. The summed E-state index contributed by atoms with van der Waals surface area (Å²) < 4.78 is 11.1. The maximum atomic E-state index is 13.1. The molecular weight excluding hydrogens is 555 g/mol. The number of aryl methyl sites for hydroxylation is 1. The number of amides is 2. The summed E-state index contributed by atoms with van der Waals surface area (Å²) >= 11 is 12.8. The van der Waals surface area contributed by atoms with Crippen LogP contribution < -0.4 is 21.1 Å². The molecule has 0 radical (unpaired) electrons. The normalized spacial score (nSPS) is 16.9. The van der Waals surface area contributed by atoms with E-state index in [1.54, 1.807) is 43.3 Å². The molecule has 0 saturated carbocycles. The molecule has 12 heteroatoms. The van der Waals surface area contributed by atoms with E-state index in [4.69, 9.17) is 38.2 Å². The molecule has 2 aromatic carbocycles. The van der Waals surface area contributed by atoms with Gasteiger partial charge in [-0.2, -0.15) is 0 Å². The number of anilines is 1. The third kappa shape index (κ3) is 7.62. The topological polar surface area (TPSA) is 135 Å². The van der Waals surface area contributed by atoms with E-state index in [1.165, 1.54) is 0 Å². The van der Waals surface area contributed by atoms with Crippen molar-refractivity contribution in [1.29, 1.82) is 0 Å². The standard InChI is InChI=1S/C28H30Cl2N6O4/c1-17-24-25(35-40-17)19-7-9-20(10-8-19)39-12-6-4-3-5-11-36(2)16-23(37)33-26-21(29)13-18(14-22(26)30)15-32-28(31)34-27(24)38/h4,6-10,13-14H,3,5,11-12,15-16H2,1-2H3,(H,33,37)(H3,31,32,34,38)/b6-4+. The molecule has 5 heterocycles. The summed E-state index contributed by atoms with van der Waals surface area (Å²) in [5.74, 6) is 0.157. The number of allylic oxidation sites excluding steroid dienone is 1. The van der Waals surface area contributed by atoms with Crippen LogP contribution in [0.15, 0.2) is 58.1 Å². The van der Waals surface area contributed by atoms with Crippen molar-refractivity contribution in [2.75, 3.05) is 32.1 Å². The third-order valence-corrected chi connectivity index (χ3v) is 6.69. The van der Waals surface area contributed by atoms with Gasteiger partial charge in [0.25, 0.3) is 5.91 Å². The molecule has 0 saturated heterocycles. The molecule has 1 aromatic heterocycles. The lowest BCUT2D eigenvalue weighted by Gasteiger charge is -2.17. The highest BCUT2D eigenvalue weighted by Gasteiger charge is 2.22. The van der Waals surface area contributed by atoms with Crippen molar-refractivity contribution in [1.82, 2.24) is 15.4 Å². The zero-order valence-electron chi connectivity index (χ0n) is 22.2. The van der Waals surface area contributed by atoms with Crippen LogP contribution in [0, 0.1) is 6.92 Å². The molecule has 40 heavy (non-hydrogen) atoms. The summed E-state index contributed by atoms with van der Waals surface area (Å²) in [6.07, 6.45) is 5.72. The number of nitrogens with one attached hydrogen (secondary N) is 2. The number of rotatable bonds is 0. The van der Waals surface area contributed by atoms with Gasteiger partial charge in [-0.1, -0.05) is 40.5 Å². The van der Waals surface area contributed by atoms with Gasteiger partial charge in [0.05, 0.1) is 28.8 Å². The zero-order valence-corrected chi connectivity index (χ0v) is 23.7. The number of carbonyl (C=O) groups is 2. The summed E-state index contributed by atoms with van der Waals surface area (Å²) in [5, 5.41) is 9.95. The van der Waals surface area contributed by atoms with E-state index in [9.17, 15) is 9.59 Å². The minimum atomic E-state index is -0.513. The number of nitrogens with two attached hydrogens (primary N) is 1. The predicted molar refractivity (Wildman–Crippen MR) is 156 cm³/mol. The second kappa shape index (κ2) is 13.5. The molecule has 7 rings (SSSR count). The van der Waals surface area contributed by atoms with Gasteiger partial charge in [0.15, 0.2) is 5.96 Å². The van der Waals surface area contributed by atoms with Gasteiger partial charge in [-0.15, -0.1) is 0 Å². The van der Waals surface area contributed by atoms with Crippen molar-refractivity contribution in [2.45, 2.75) is 26.3 Å². The molecule has 4 bridgehead atoms. The minimum Gasteiger partial charge on any atom is -0.490 e. The van der Waals surface area contributed by atoms with Crippen LogP contribution >= 0.6 is 23.2 Å². The van der Waals surface area contributed by atoms with Crippen LogP contribution in [0.1, 0.15) is 34.5 Å². The number of ether oxygens (including phenoxy) is 1. The van der Waals surface area contributed by atoms with Crippen molar-refractivity contribution in [3.8, 4) is 17.0 Å². The van der Waals surface area contributed by atoms with Crippen molar-refractivity contribution >= 4 is 46.7 Å². The van der Waals surface area contributed by atoms with Crippen LogP contribution in [-0.4, -0.2) is 54.6 Å². The van der Waals surface area contributed by atoms with E-state index < -0.39 is 5.91 Å². The molecule has 0 spiro atoms. The first-order valence-electron chi connectivity index (χ1n) is 12.6. The van der Waals surface area contributed by atoms with Crippen molar-refractivity contribution in [2.24, 2.45) is 10.7 Å². The average molecular weight is 585 g/mol. The van der Waals surface area contributed by atoms with E-state index >= 15 is 0 Å². The number of carbonyl (C=O) groups excluding carboxylic acids is 2. The van der Waals surface area contributed by atoms with Gasteiger partial charge >= 0.3 is 0 Å². The smallest absolute Gasteiger partial charge is 0.263 e. The Labute approximate surface area is 242 Å². The van der Waals surface area contributed by atoms with Gasteiger partial charge in [0.1, 0.15) is 29.4 Å². The molecule has 4 N–H and O–H groups in total. The first-order chi connectivity index (χ1) is 19.2. The molecule has 4 aliphatic heterocycles. The molecule has 0 fully saturated rings. The van der Waals surface area contributed by atoms with Crippen LogP contribution in [0.3, 0.4) is 0 Å². The monoisotopic (exact) mass is 584 g/mol. The lowest BCUT2D eigenvalue weighted by atomic mass is 10.1. The molecule has 0 atom stereocenters. The molecule has 3 aromatic rings. The summed E-state index contributed by atoms with van der Waals surface area (Å²) in [4.78, 5) is 31.8. The van der Waals surface area contributed by atoms with E-state index in [1.807, 2.05) is 24.1 Å². The number of aromatic nitrogens is 1. The van der Waals surface area contributed by atoms with E-state index in [0.717, 1.165) is 19.4 Å². The Kier molecular flexibility index (Phi) is 9.81. The van der Waals surface area contributed by atoms with Crippen LogP contribution in [0.4, 0.5) is 5.69 Å². The van der Waals surface area contributed by atoms with E-state index in [0.29, 0.717) is 40.6 Å². The first-order valence-corrected chi connectivity index (χ1v) is 13.4. The highest BCUT2D eigenvalue weighted by Crippen LogP contribution is 2.32. The Morgan fingerprint density at radius 1 is 1.05 bits per heavy atom. The summed E-state index contributed by atoms with van der Waals surface area (Å²) in [6.45, 7) is 3.07. The van der Waals surface area contributed by atoms with Gasteiger partial charge in [0.2, 0.25) is 5.91 Å². The van der Waals surface area contributed by atoms with Gasteiger partial charge in [0, 0.05) is 5.56 Å². The Hall–Kier alpha value is -3.86. The van der Waals surface area contributed by atoms with Crippen LogP contribution in [0.5, 0.6) is 5.75 Å². The second-order valence-corrected chi connectivity index (χ2v) is 10.1. The number of hydrogen-bond acceptors (Lipinski definition) is 8. The maximum absolute atomic E-state index is 13.1.